The van der Waals surface area contributed by atoms with Gasteiger partial charge in [-0.2, -0.15) is 0 Å². The third-order valence-corrected chi connectivity index (χ3v) is 7.20. The molecule has 1 aliphatic carbocycles. The van der Waals surface area contributed by atoms with Gasteiger partial charge in [-0.15, -0.1) is 0 Å². The number of methoxy groups -OCH3 is 1. The van der Waals surface area contributed by atoms with Crippen molar-refractivity contribution in [2.75, 3.05) is 38.6 Å². The minimum absolute atomic E-state index is 0.320. The van der Waals surface area contributed by atoms with Gasteiger partial charge in [0.1, 0.15) is 11.6 Å². The lowest BCUT2D eigenvalue weighted by atomic mass is 10.1. The van der Waals surface area contributed by atoms with Crippen LogP contribution >= 0.6 is 0 Å². The topological polar surface area (TPSA) is 99.3 Å². The SMILES string of the molecule is COc1ccncc1-c1ccc2nc(Nc3ncccc3CN3CCN(C(=O)CC4CC4)CC3)[nH]c2c1. The fourth-order valence-electron chi connectivity index (χ4n) is 4.90. The Hall–Kier alpha value is -3.98. The fourth-order valence-corrected chi connectivity index (χ4v) is 4.90. The molecular weight excluding hydrogens is 466 g/mol. The number of aromatic amines is 1. The zero-order valence-electron chi connectivity index (χ0n) is 21.0. The number of imidazole rings is 1. The molecule has 0 unspecified atom stereocenters. The lowest BCUT2D eigenvalue weighted by Crippen LogP contribution is -2.48. The first-order chi connectivity index (χ1) is 18.2. The van der Waals surface area contributed by atoms with Gasteiger partial charge in [-0.1, -0.05) is 12.1 Å². The number of fused-ring (bicyclic) bond motifs is 1. The number of anilines is 2. The summed E-state index contributed by atoms with van der Waals surface area (Å²) in [6.07, 6.45) is 8.47. The normalized spacial score (nSPS) is 16.2. The fraction of sp³-hybridized carbons (Fsp3) is 0.357. The summed E-state index contributed by atoms with van der Waals surface area (Å²) < 4.78 is 5.50. The first-order valence-corrected chi connectivity index (χ1v) is 12.9. The Bertz CT molecular complexity index is 1410. The minimum Gasteiger partial charge on any atom is -0.496 e. The van der Waals surface area contributed by atoms with Crippen molar-refractivity contribution in [3.8, 4) is 16.9 Å². The third kappa shape index (κ3) is 5.27. The monoisotopic (exact) mass is 497 g/mol. The van der Waals surface area contributed by atoms with E-state index in [1.165, 1.54) is 12.8 Å². The predicted molar refractivity (Wildman–Crippen MR) is 143 cm³/mol. The van der Waals surface area contributed by atoms with Crippen LogP contribution in [0.25, 0.3) is 22.2 Å². The van der Waals surface area contributed by atoms with Crippen LogP contribution in [-0.4, -0.2) is 68.9 Å². The van der Waals surface area contributed by atoms with Gasteiger partial charge in [0.05, 0.1) is 18.1 Å². The number of carbonyl (C=O) groups excluding carboxylic acids is 1. The van der Waals surface area contributed by atoms with Gasteiger partial charge in [0.2, 0.25) is 11.9 Å². The molecule has 0 bridgehead atoms. The molecule has 0 atom stereocenters. The number of H-pyrrole nitrogens is 1. The molecule has 2 aliphatic rings. The second-order valence-electron chi connectivity index (χ2n) is 9.83. The van der Waals surface area contributed by atoms with E-state index in [2.05, 4.69) is 37.3 Å². The van der Waals surface area contributed by atoms with Crippen LogP contribution in [0.4, 0.5) is 11.8 Å². The molecule has 2 fully saturated rings. The summed E-state index contributed by atoms with van der Waals surface area (Å²) in [5.41, 5.74) is 4.80. The molecule has 1 saturated carbocycles. The van der Waals surface area contributed by atoms with Gasteiger partial charge in [0.25, 0.3) is 0 Å². The van der Waals surface area contributed by atoms with Gasteiger partial charge in [-0.3, -0.25) is 14.7 Å². The first kappa shape index (κ1) is 23.4. The number of pyridine rings is 2. The van der Waals surface area contributed by atoms with Crippen molar-refractivity contribution in [3.05, 3.63) is 60.6 Å². The van der Waals surface area contributed by atoms with E-state index in [-0.39, 0.29) is 0 Å². The van der Waals surface area contributed by atoms with E-state index in [1.54, 1.807) is 25.7 Å². The maximum absolute atomic E-state index is 12.4. The van der Waals surface area contributed by atoms with E-state index >= 15 is 0 Å². The molecule has 1 aliphatic heterocycles. The van der Waals surface area contributed by atoms with Crippen LogP contribution in [0.2, 0.25) is 0 Å². The number of carbonyl (C=O) groups is 1. The van der Waals surface area contributed by atoms with Gasteiger partial charge in [-0.05, 0) is 48.6 Å². The van der Waals surface area contributed by atoms with E-state index in [0.29, 0.717) is 17.8 Å². The van der Waals surface area contributed by atoms with E-state index < -0.39 is 0 Å². The maximum atomic E-state index is 12.4. The van der Waals surface area contributed by atoms with Crippen LogP contribution < -0.4 is 10.1 Å². The van der Waals surface area contributed by atoms with E-state index in [1.807, 2.05) is 29.2 Å². The van der Waals surface area contributed by atoms with Crippen molar-refractivity contribution in [1.29, 1.82) is 0 Å². The number of nitrogens with one attached hydrogen (secondary N) is 2. The molecule has 1 saturated heterocycles. The van der Waals surface area contributed by atoms with Gasteiger partial charge >= 0.3 is 0 Å². The Balaban J connectivity index is 1.14. The standard InChI is InChI=1S/C28H31N7O2/c1-37-25-8-10-29-17-22(25)20-6-7-23-24(16-20)32-28(31-23)33-27-21(3-2-9-30-27)18-34-11-13-35(14-12-34)26(36)15-19-4-5-19/h2-3,6-10,16-17,19H,4-5,11-15,18H2,1H3,(H2,30,31,32,33). The molecule has 1 amide bonds. The summed E-state index contributed by atoms with van der Waals surface area (Å²) in [6, 6.07) is 12.0. The molecule has 37 heavy (non-hydrogen) atoms. The number of amides is 1. The van der Waals surface area contributed by atoms with Gasteiger partial charge in [0, 0.05) is 68.9 Å². The molecule has 0 radical (unpaired) electrons. The molecule has 2 N–H and O–H groups in total. The molecule has 3 aromatic heterocycles. The van der Waals surface area contributed by atoms with E-state index in [9.17, 15) is 4.79 Å². The van der Waals surface area contributed by atoms with E-state index in [0.717, 1.165) is 78.4 Å². The first-order valence-electron chi connectivity index (χ1n) is 12.9. The Morgan fingerprint density at radius 3 is 2.81 bits per heavy atom. The summed E-state index contributed by atoms with van der Waals surface area (Å²) in [6.45, 7) is 4.10. The Kier molecular flexibility index (Phi) is 6.44. The highest BCUT2D eigenvalue weighted by Crippen LogP contribution is 2.33. The second kappa shape index (κ2) is 10.2. The van der Waals surface area contributed by atoms with Crippen LogP contribution in [0.3, 0.4) is 0 Å². The summed E-state index contributed by atoms with van der Waals surface area (Å²) in [7, 11) is 1.66. The van der Waals surface area contributed by atoms with E-state index in [4.69, 9.17) is 9.72 Å². The van der Waals surface area contributed by atoms with Crippen LogP contribution in [0.1, 0.15) is 24.8 Å². The number of hydrogen-bond donors (Lipinski definition) is 2. The predicted octanol–water partition coefficient (Wildman–Crippen LogP) is 4.22. The second-order valence-corrected chi connectivity index (χ2v) is 9.83. The number of hydrogen-bond acceptors (Lipinski definition) is 7. The average Bonchev–Trinajstić information content (AvgIpc) is 3.66. The summed E-state index contributed by atoms with van der Waals surface area (Å²) in [5, 5.41) is 3.38. The highest BCUT2D eigenvalue weighted by molar-refractivity contribution is 5.85. The van der Waals surface area contributed by atoms with Gasteiger partial charge in [-0.25, -0.2) is 9.97 Å². The largest absolute Gasteiger partial charge is 0.496 e. The Morgan fingerprint density at radius 2 is 2.00 bits per heavy atom. The Labute approximate surface area is 215 Å². The van der Waals surface area contributed by atoms with Crippen molar-refractivity contribution >= 4 is 28.7 Å². The number of piperazine rings is 1. The average molecular weight is 498 g/mol. The smallest absolute Gasteiger partial charge is 0.222 e. The van der Waals surface area contributed by atoms with Gasteiger partial charge < -0.3 is 19.9 Å². The number of nitrogens with zero attached hydrogens (tertiary/aromatic N) is 5. The summed E-state index contributed by atoms with van der Waals surface area (Å²) in [5.74, 6) is 3.15. The van der Waals surface area contributed by atoms with Crippen LogP contribution in [0, 0.1) is 5.92 Å². The molecule has 6 rings (SSSR count). The molecule has 9 heteroatoms. The number of rotatable bonds is 8. The third-order valence-electron chi connectivity index (χ3n) is 7.20. The molecular formula is C28H31N7O2. The highest BCUT2D eigenvalue weighted by atomic mass is 16.5. The number of aromatic nitrogens is 4. The maximum Gasteiger partial charge on any atom is 0.222 e. The zero-order valence-corrected chi connectivity index (χ0v) is 21.0. The lowest BCUT2D eigenvalue weighted by molar-refractivity contribution is -0.133. The molecule has 4 heterocycles. The van der Waals surface area contributed by atoms with Crippen LogP contribution in [0.15, 0.2) is 55.0 Å². The molecule has 0 spiro atoms. The zero-order chi connectivity index (χ0) is 25.2. The van der Waals surface area contributed by atoms with Crippen molar-refractivity contribution in [2.45, 2.75) is 25.8 Å². The van der Waals surface area contributed by atoms with Gasteiger partial charge in [0.15, 0.2) is 0 Å². The number of benzene rings is 1. The van der Waals surface area contributed by atoms with Crippen LogP contribution in [-0.2, 0) is 11.3 Å². The number of ether oxygens (including phenoxy) is 1. The van der Waals surface area contributed by atoms with Crippen LogP contribution in [0.5, 0.6) is 5.75 Å². The molecule has 9 nitrogen and oxygen atoms in total. The molecule has 190 valence electrons. The van der Waals surface area contributed by atoms with Crippen molar-refractivity contribution in [3.63, 3.8) is 0 Å². The summed E-state index contributed by atoms with van der Waals surface area (Å²) >= 11 is 0. The van der Waals surface area contributed by atoms with Crippen molar-refractivity contribution in [1.82, 2.24) is 29.7 Å². The molecule has 4 aromatic rings. The lowest BCUT2D eigenvalue weighted by Gasteiger charge is -2.35. The highest BCUT2D eigenvalue weighted by Gasteiger charge is 2.28. The minimum atomic E-state index is 0.320. The Morgan fingerprint density at radius 1 is 1.14 bits per heavy atom. The van der Waals surface area contributed by atoms with Crippen molar-refractivity contribution < 1.29 is 9.53 Å². The quantitative estimate of drug-likeness (QED) is 0.376. The molecule has 1 aromatic carbocycles. The summed E-state index contributed by atoms with van der Waals surface area (Å²) in [4.78, 5) is 33.8. The van der Waals surface area contributed by atoms with Crippen molar-refractivity contribution in [2.24, 2.45) is 5.92 Å².